The van der Waals surface area contributed by atoms with Gasteiger partial charge in [-0.15, -0.1) is 0 Å². The summed E-state index contributed by atoms with van der Waals surface area (Å²) in [6, 6.07) is 20.0. The highest BCUT2D eigenvalue weighted by molar-refractivity contribution is 5.94. The first-order valence-corrected chi connectivity index (χ1v) is 6.99. The maximum absolute atomic E-state index is 12.3. The van der Waals surface area contributed by atoms with E-state index in [1.165, 1.54) is 0 Å². The van der Waals surface area contributed by atoms with Crippen LogP contribution in [0.25, 0.3) is 0 Å². The van der Waals surface area contributed by atoms with E-state index in [2.05, 4.69) is 17.4 Å². The number of likely N-dealkylation sites (tertiary alicyclic amines) is 1. The Hall–Kier alpha value is -2.29. The van der Waals surface area contributed by atoms with Gasteiger partial charge in [0.2, 0.25) is 0 Å². The van der Waals surface area contributed by atoms with Crippen molar-refractivity contribution in [2.24, 2.45) is 0 Å². The molecule has 0 saturated carbocycles. The number of rotatable bonds is 3. The van der Waals surface area contributed by atoms with Gasteiger partial charge in [0, 0.05) is 30.4 Å². The van der Waals surface area contributed by atoms with E-state index >= 15 is 0 Å². The van der Waals surface area contributed by atoms with E-state index in [1.54, 1.807) is 0 Å². The molecule has 1 saturated heterocycles. The van der Waals surface area contributed by atoms with E-state index in [4.69, 9.17) is 0 Å². The molecule has 3 rings (SSSR count). The lowest BCUT2D eigenvalue weighted by Gasteiger charge is -2.17. The number of carbonyl (C=O) groups is 1. The fourth-order valence-electron chi connectivity index (χ4n) is 2.60. The van der Waals surface area contributed by atoms with Crippen molar-refractivity contribution in [1.29, 1.82) is 0 Å². The summed E-state index contributed by atoms with van der Waals surface area (Å²) >= 11 is 0. The number of nitrogens with one attached hydrogen (secondary N) is 1. The minimum atomic E-state index is 0.128. The van der Waals surface area contributed by atoms with Crippen LogP contribution in [0, 0.1) is 0 Å². The molecule has 20 heavy (non-hydrogen) atoms. The third kappa shape index (κ3) is 2.82. The highest BCUT2D eigenvalue weighted by Gasteiger charge is 2.26. The van der Waals surface area contributed by atoms with Gasteiger partial charge in [-0.2, -0.15) is 0 Å². The van der Waals surface area contributed by atoms with Crippen molar-refractivity contribution in [3.63, 3.8) is 0 Å². The third-order valence-electron chi connectivity index (χ3n) is 3.64. The van der Waals surface area contributed by atoms with Crippen molar-refractivity contribution in [3.8, 4) is 0 Å². The summed E-state index contributed by atoms with van der Waals surface area (Å²) in [4.78, 5) is 14.3. The molecule has 1 aliphatic rings. The molecule has 2 aromatic carbocycles. The minimum Gasteiger partial charge on any atom is -0.380 e. The van der Waals surface area contributed by atoms with E-state index in [-0.39, 0.29) is 5.91 Å². The van der Waals surface area contributed by atoms with Crippen molar-refractivity contribution in [2.75, 3.05) is 18.4 Å². The standard InChI is InChI=1S/C17H18N2O/c20-17(14-7-3-1-4-8-14)19-12-11-16(13-19)18-15-9-5-2-6-10-15/h1-10,16,18H,11-13H2. The molecule has 1 fully saturated rings. The van der Waals surface area contributed by atoms with Crippen LogP contribution in [0.1, 0.15) is 16.8 Å². The molecule has 102 valence electrons. The number of benzene rings is 2. The fraction of sp³-hybridized carbons (Fsp3) is 0.235. The maximum Gasteiger partial charge on any atom is 0.253 e. The number of amides is 1. The molecule has 3 nitrogen and oxygen atoms in total. The van der Waals surface area contributed by atoms with Crippen molar-refractivity contribution in [2.45, 2.75) is 12.5 Å². The molecule has 1 amide bonds. The molecule has 1 atom stereocenters. The molecule has 1 N–H and O–H groups in total. The SMILES string of the molecule is O=C(c1ccccc1)N1CCC(Nc2ccccc2)C1. The van der Waals surface area contributed by atoms with Crippen LogP contribution in [0.4, 0.5) is 5.69 Å². The second kappa shape index (κ2) is 5.78. The number of nitrogens with zero attached hydrogens (tertiary/aromatic N) is 1. The van der Waals surface area contributed by atoms with E-state index in [0.717, 1.165) is 30.8 Å². The van der Waals surface area contributed by atoms with Crippen LogP contribution in [-0.2, 0) is 0 Å². The average Bonchev–Trinajstić information content (AvgIpc) is 2.97. The summed E-state index contributed by atoms with van der Waals surface area (Å²) in [5, 5.41) is 3.48. The normalized spacial score (nSPS) is 18.0. The molecule has 0 aliphatic carbocycles. The summed E-state index contributed by atoms with van der Waals surface area (Å²) in [6.45, 7) is 1.58. The van der Waals surface area contributed by atoms with E-state index in [9.17, 15) is 4.79 Å². The number of hydrogen-bond donors (Lipinski definition) is 1. The monoisotopic (exact) mass is 266 g/mol. The molecule has 0 spiro atoms. The number of para-hydroxylation sites is 1. The zero-order chi connectivity index (χ0) is 13.8. The molecule has 2 aromatic rings. The fourth-order valence-corrected chi connectivity index (χ4v) is 2.60. The molecule has 1 aliphatic heterocycles. The van der Waals surface area contributed by atoms with Gasteiger partial charge >= 0.3 is 0 Å². The Morgan fingerprint density at radius 2 is 1.65 bits per heavy atom. The first-order chi connectivity index (χ1) is 9.83. The summed E-state index contributed by atoms with van der Waals surface area (Å²) < 4.78 is 0. The Kier molecular flexibility index (Phi) is 3.68. The van der Waals surface area contributed by atoms with E-state index < -0.39 is 0 Å². The first kappa shape index (κ1) is 12.7. The van der Waals surface area contributed by atoms with Crippen LogP contribution in [0.5, 0.6) is 0 Å². The molecule has 0 aromatic heterocycles. The van der Waals surface area contributed by atoms with Crippen LogP contribution in [0.2, 0.25) is 0 Å². The molecular weight excluding hydrogens is 248 g/mol. The predicted octanol–water partition coefficient (Wildman–Crippen LogP) is 3.01. The third-order valence-corrected chi connectivity index (χ3v) is 3.64. The van der Waals surface area contributed by atoms with Gasteiger partial charge in [0.1, 0.15) is 0 Å². The average molecular weight is 266 g/mol. The number of anilines is 1. The lowest BCUT2D eigenvalue weighted by Crippen LogP contribution is -2.31. The van der Waals surface area contributed by atoms with Crippen molar-refractivity contribution >= 4 is 11.6 Å². The van der Waals surface area contributed by atoms with Crippen molar-refractivity contribution in [1.82, 2.24) is 4.90 Å². The van der Waals surface area contributed by atoms with Gasteiger partial charge in [-0.3, -0.25) is 4.79 Å². The lowest BCUT2D eigenvalue weighted by molar-refractivity contribution is 0.0791. The van der Waals surface area contributed by atoms with Gasteiger partial charge < -0.3 is 10.2 Å². The second-order valence-electron chi connectivity index (χ2n) is 5.11. The maximum atomic E-state index is 12.3. The zero-order valence-corrected chi connectivity index (χ0v) is 11.3. The van der Waals surface area contributed by atoms with Gasteiger partial charge in [0.25, 0.3) is 5.91 Å². The van der Waals surface area contributed by atoms with Crippen LogP contribution in [0.15, 0.2) is 60.7 Å². The number of hydrogen-bond acceptors (Lipinski definition) is 2. The molecule has 1 heterocycles. The Morgan fingerprint density at radius 3 is 2.35 bits per heavy atom. The van der Waals surface area contributed by atoms with Gasteiger partial charge in [-0.05, 0) is 30.7 Å². The van der Waals surface area contributed by atoms with E-state index in [0.29, 0.717) is 6.04 Å². The molecular formula is C17H18N2O. The Morgan fingerprint density at radius 1 is 1.00 bits per heavy atom. The summed E-state index contributed by atoms with van der Waals surface area (Å²) in [5.41, 5.74) is 1.89. The summed E-state index contributed by atoms with van der Waals surface area (Å²) in [5.74, 6) is 0.128. The Bertz CT molecular complexity index is 568. The smallest absolute Gasteiger partial charge is 0.253 e. The van der Waals surface area contributed by atoms with Gasteiger partial charge in [-0.25, -0.2) is 0 Å². The van der Waals surface area contributed by atoms with Crippen molar-refractivity contribution < 1.29 is 4.79 Å². The van der Waals surface area contributed by atoms with Gasteiger partial charge in [0.05, 0.1) is 0 Å². The highest BCUT2D eigenvalue weighted by Crippen LogP contribution is 2.17. The highest BCUT2D eigenvalue weighted by atomic mass is 16.2. The minimum absolute atomic E-state index is 0.128. The first-order valence-electron chi connectivity index (χ1n) is 6.99. The molecule has 1 unspecified atom stereocenters. The molecule has 3 heteroatoms. The van der Waals surface area contributed by atoms with Gasteiger partial charge in [-0.1, -0.05) is 36.4 Å². The van der Waals surface area contributed by atoms with Crippen LogP contribution < -0.4 is 5.32 Å². The van der Waals surface area contributed by atoms with E-state index in [1.807, 2.05) is 53.4 Å². The Labute approximate surface area is 119 Å². The molecule has 0 radical (unpaired) electrons. The predicted molar refractivity (Wildman–Crippen MR) is 80.8 cm³/mol. The largest absolute Gasteiger partial charge is 0.380 e. The summed E-state index contributed by atoms with van der Waals surface area (Å²) in [6.07, 6.45) is 0.994. The van der Waals surface area contributed by atoms with Gasteiger partial charge in [0.15, 0.2) is 0 Å². The van der Waals surface area contributed by atoms with Crippen LogP contribution >= 0.6 is 0 Å². The quantitative estimate of drug-likeness (QED) is 0.926. The van der Waals surface area contributed by atoms with Crippen molar-refractivity contribution in [3.05, 3.63) is 66.2 Å². The Balaban J connectivity index is 1.61. The number of carbonyl (C=O) groups excluding carboxylic acids is 1. The summed E-state index contributed by atoms with van der Waals surface area (Å²) in [7, 11) is 0. The van der Waals surface area contributed by atoms with Crippen LogP contribution in [0.3, 0.4) is 0 Å². The topological polar surface area (TPSA) is 32.3 Å². The lowest BCUT2D eigenvalue weighted by atomic mass is 10.2. The molecule has 0 bridgehead atoms. The second-order valence-corrected chi connectivity index (χ2v) is 5.11. The van der Waals surface area contributed by atoms with Crippen LogP contribution in [-0.4, -0.2) is 29.9 Å². The zero-order valence-electron chi connectivity index (χ0n) is 11.3.